The van der Waals surface area contributed by atoms with Crippen molar-refractivity contribution in [1.29, 1.82) is 0 Å². The fourth-order valence-electron chi connectivity index (χ4n) is 3.93. The number of nitrogens with one attached hydrogen (secondary N) is 1. The van der Waals surface area contributed by atoms with Crippen LogP contribution in [0.15, 0.2) is 30.5 Å². The number of rotatable bonds is 5. The Bertz CT molecular complexity index is 831. The van der Waals surface area contributed by atoms with E-state index in [-0.39, 0.29) is 0 Å². The highest BCUT2D eigenvalue weighted by Crippen LogP contribution is 2.33. The highest BCUT2D eigenvalue weighted by molar-refractivity contribution is 5.70. The van der Waals surface area contributed by atoms with E-state index in [4.69, 9.17) is 14.5 Å². The minimum atomic E-state index is 0.575. The van der Waals surface area contributed by atoms with E-state index in [0.29, 0.717) is 23.5 Å². The van der Waals surface area contributed by atoms with Gasteiger partial charge in [0.15, 0.2) is 11.5 Å². The Balaban J connectivity index is 1.59. The minimum Gasteiger partial charge on any atom is -0.493 e. The number of fused-ring (bicyclic) bond motifs is 1. The molecule has 2 aliphatic rings. The Morgan fingerprint density at radius 2 is 1.89 bits per heavy atom. The van der Waals surface area contributed by atoms with Crippen molar-refractivity contribution in [3.05, 3.63) is 36.0 Å². The van der Waals surface area contributed by atoms with Crippen LogP contribution in [0.4, 0.5) is 17.5 Å². The Kier molecular flexibility index (Phi) is 5.14. The first-order chi connectivity index (χ1) is 13.3. The SMILES string of the molecule is COc1ccc(Nc2ncc3c(n2)N(C2CCCCC2)CC=C3)cc1OC. The standard InChI is InChI=1S/C21H26N4O2/c1-26-18-11-10-16(13-19(18)27-2)23-21-22-14-15-7-6-12-25(20(15)24-21)17-8-4-3-5-9-17/h6-7,10-11,13-14,17H,3-5,8-9,12H2,1-2H3,(H,22,23,24). The molecule has 1 N–H and O–H groups in total. The molecule has 0 radical (unpaired) electrons. The molecule has 0 unspecified atom stereocenters. The number of hydrogen-bond donors (Lipinski definition) is 1. The van der Waals surface area contributed by atoms with Crippen LogP contribution < -0.4 is 19.7 Å². The molecule has 4 rings (SSSR count). The third kappa shape index (κ3) is 3.70. The monoisotopic (exact) mass is 366 g/mol. The molecule has 0 bridgehead atoms. The zero-order valence-corrected chi connectivity index (χ0v) is 15.9. The van der Waals surface area contributed by atoms with Gasteiger partial charge in [0.1, 0.15) is 5.82 Å². The van der Waals surface area contributed by atoms with Crippen molar-refractivity contribution in [3.63, 3.8) is 0 Å². The number of ether oxygens (including phenoxy) is 2. The lowest BCUT2D eigenvalue weighted by Crippen LogP contribution is -2.39. The van der Waals surface area contributed by atoms with Crippen LogP contribution in [0.5, 0.6) is 11.5 Å². The second-order valence-corrected chi connectivity index (χ2v) is 7.01. The quantitative estimate of drug-likeness (QED) is 0.846. The average molecular weight is 366 g/mol. The summed E-state index contributed by atoms with van der Waals surface area (Å²) in [4.78, 5) is 11.8. The number of nitrogens with zero attached hydrogens (tertiary/aromatic N) is 3. The van der Waals surface area contributed by atoms with Crippen LogP contribution in [-0.4, -0.2) is 36.8 Å². The molecule has 27 heavy (non-hydrogen) atoms. The molecule has 0 atom stereocenters. The van der Waals surface area contributed by atoms with Gasteiger partial charge >= 0.3 is 0 Å². The first kappa shape index (κ1) is 17.6. The van der Waals surface area contributed by atoms with E-state index >= 15 is 0 Å². The van der Waals surface area contributed by atoms with Gasteiger partial charge in [-0.1, -0.05) is 31.4 Å². The van der Waals surface area contributed by atoms with Crippen molar-refractivity contribution >= 4 is 23.5 Å². The smallest absolute Gasteiger partial charge is 0.229 e. The van der Waals surface area contributed by atoms with Gasteiger partial charge in [-0.2, -0.15) is 4.98 Å². The van der Waals surface area contributed by atoms with E-state index in [1.54, 1.807) is 14.2 Å². The van der Waals surface area contributed by atoms with E-state index < -0.39 is 0 Å². The van der Waals surface area contributed by atoms with Crippen molar-refractivity contribution in [2.45, 2.75) is 38.1 Å². The second-order valence-electron chi connectivity index (χ2n) is 7.01. The maximum absolute atomic E-state index is 5.38. The molecule has 6 nitrogen and oxygen atoms in total. The molecular formula is C21H26N4O2. The average Bonchev–Trinajstić information content (AvgIpc) is 2.73. The summed E-state index contributed by atoms with van der Waals surface area (Å²) in [7, 11) is 3.26. The molecule has 1 aromatic carbocycles. The normalized spacial score (nSPS) is 16.7. The topological polar surface area (TPSA) is 59.5 Å². The van der Waals surface area contributed by atoms with E-state index in [2.05, 4.69) is 27.4 Å². The summed E-state index contributed by atoms with van der Waals surface area (Å²) in [5, 5.41) is 3.30. The van der Waals surface area contributed by atoms with Crippen LogP contribution >= 0.6 is 0 Å². The van der Waals surface area contributed by atoms with Crippen molar-refractivity contribution in [2.24, 2.45) is 0 Å². The summed E-state index contributed by atoms with van der Waals surface area (Å²) in [5.74, 6) is 3.00. The van der Waals surface area contributed by atoms with Gasteiger partial charge in [0.25, 0.3) is 0 Å². The van der Waals surface area contributed by atoms with Crippen molar-refractivity contribution < 1.29 is 9.47 Å². The van der Waals surface area contributed by atoms with E-state index in [1.165, 1.54) is 32.1 Å². The van der Waals surface area contributed by atoms with Crippen molar-refractivity contribution in [1.82, 2.24) is 9.97 Å². The summed E-state index contributed by atoms with van der Waals surface area (Å²) >= 11 is 0. The lowest BCUT2D eigenvalue weighted by atomic mass is 9.93. The van der Waals surface area contributed by atoms with Gasteiger partial charge < -0.3 is 19.7 Å². The fourth-order valence-corrected chi connectivity index (χ4v) is 3.93. The molecule has 6 heteroatoms. The van der Waals surface area contributed by atoms with Gasteiger partial charge in [0, 0.05) is 36.1 Å². The molecule has 1 aromatic heterocycles. The highest BCUT2D eigenvalue weighted by Gasteiger charge is 2.25. The van der Waals surface area contributed by atoms with Gasteiger partial charge in [-0.25, -0.2) is 4.98 Å². The van der Waals surface area contributed by atoms with Crippen LogP contribution in [0.1, 0.15) is 37.7 Å². The van der Waals surface area contributed by atoms with Crippen LogP contribution in [0.2, 0.25) is 0 Å². The Hall–Kier alpha value is -2.76. The maximum atomic E-state index is 5.38. The number of hydrogen-bond acceptors (Lipinski definition) is 6. The molecule has 1 fully saturated rings. The van der Waals surface area contributed by atoms with Gasteiger partial charge in [-0.15, -0.1) is 0 Å². The molecular weight excluding hydrogens is 340 g/mol. The summed E-state index contributed by atoms with van der Waals surface area (Å²) < 4.78 is 10.7. The number of methoxy groups -OCH3 is 2. The third-order valence-corrected chi connectivity index (χ3v) is 5.32. The molecule has 2 heterocycles. The fraction of sp³-hybridized carbons (Fsp3) is 0.429. The molecule has 1 aliphatic carbocycles. The summed E-state index contributed by atoms with van der Waals surface area (Å²) in [6.45, 7) is 0.921. The van der Waals surface area contributed by atoms with E-state index in [1.807, 2.05) is 24.4 Å². The van der Waals surface area contributed by atoms with Crippen LogP contribution in [0.25, 0.3) is 6.08 Å². The first-order valence-corrected chi connectivity index (χ1v) is 9.58. The predicted molar refractivity (Wildman–Crippen MR) is 108 cm³/mol. The van der Waals surface area contributed by atoms with Crippen molar-refractivity contribution in [2.75, 3.05) is 31.0 Å². The predicted octanol–water partition coefficient (Wildman–Crippen LogP) is 4.40. The van der Waals surface area contributed by atoms with Gasteiger partial charge in [-0.05, 0) is 25.0 Å². The zero-order valence-electron chi connectivity index (χ0n) is 15.9. The Labute approximate surface area is 160 Å². The summed E-state index contributed by atoms with van der Waals surface area (Å²) in [6, 6.07) is 6.27. The Morgan fingerprint density at radius 3 is 2.67 bits per heavy atom. The first-order valence-electron chi connectivity index (χ1n) is 9.58. The minimum absolute atomic E-state index is 0.575. The van der Waals surface area contributed by atoms with Gasteiger partial charge in [-0.3, -0.25) is 0 Å². The molecule has 0 saturated heterocycles. The summed E-state index contributed by atoms with van der Waals surface area (Å²) in [6.07, 6.45) is 12.7. The molecule has 1 aliphatic heterocycles. The molecule has 1 saturated carbocycles. The lowest BCUT2D eigenvalue weighted by molar-refractivity contribution is 0.355. The van der Waals surface area contributed by atoms with Crippen LogP contribution in [0.3, 0.4) is 0 Å². The largest absolute Gasteiger partial charge is 0.493 e. The van der Waals surface area contributed by atoms with Gasteiger partial charge in [0.2, 0.25) is 5.95 Å². The maximum Gasteiger partial charge on any atom is 0.229 e. The van der Waals surface area contributed by atoms with Crippen LogP contribution in [0, 0.1) is 0 Å². The highest BCUT2D eigenvalue weighted by atomic mass is 16.5. The summed E-state index contributed by atoms with van der Waals surface area (Å²) in [5.41, 5.74) is 1.95. The van der Waals surface area contributed by atoms with Gasteiger partial charge in [0.05, 0.1) is 14.2 Å². The van der Waals surface area contributed by atoms with Crippen LogP contribution in [-0.2, 0) is 0 Å². The molecule has 0 amide bonds. The number of benzene rings is 1. The number of aromatic nitrogens is 2. The third-order valence-electron chi connectivity index (χ3n) is 5.32. The molecule has 0 spiro atoms. The number of anilines is 3. The second kappa shape index (κ2) is 7.86. The lowest BCUT2D eigenvalue weighted by Gasteiger charge is -2.37. The zero-order chi connectivity index (χ0) is 18.6. The Morgan fingerprint density at radius 1 is 1.07 bits per heavy atom. The van der Waals surface area contributed by atoms with E-state index in [0.717, 1.165) is 23.6 Å². The van der Waals surface area contributed by atoms with Crippen molar-refractivity contribution in [3.8, 4) is 11.5 Å². The van der Waals surface area contributed by atoms with E-state index in [9.17, 15) is 0 Å². The molecule has 142 valence electrons. The molecule has 2 aromatic rings.